The van der Waals surface area contributed by atoms with Gasteiger partial charge in [0.2, 0.25) is 0 Å². The molecule has 1 fully saturated rings. The van der Waals surface area contributed by atoms with Crippen LogP contribution in [0.1, 0.15) is 5.56 Å². The van der Waals surface area contributed by atoms with Crippen molar-refractivity contribution in [1.82, 2.24) is 4.90 Å². The molecule has 0 aromatic heterocycles. The molecule has 1 atom stereocenters. The molecule has 5 heteroatoms. The van der Waals surface area contributed by atoms with Crippen molar-refractivity contribution in [1.29, 1.82) is 0 Å². The maximum absolute atomic E-state index is 11.6. The van der Waals surface area contributed by atoms with E-state index >= 15 is 0 Å². The first-order valence-corrected chi connectivity index (χ1v) is 8.09. The molecule has 0 saturated carbocycles. The van der Waals surface area contributed by atoms with Gasteiger partial charge in [0.05, 0.1) is 13.2 Å². The summed E-state index contributed by atoms with van der Waals surface area (Å²) < 4.78 is 11.1. The molecule has 0 unspecified atom stereocenters. The highest BCUT2D eigenvalue weighted by atomic mass is 16.5. The smallest absolute Gasteiger partial charge is 0.321 e. The van der Waals surface area contributed by atoms with Crippen molar-refractivity contribution >= 4 is 5.97 Å². The summed E-state index contributed by atoms with van der Waals surface area (Å²) in [6.07, 6.45) is 0.473. The van der Waals surface area contributed by atoms with Gasteiger partial charge in [-0.2, -0.15) is 0 Å². The lowest BCUT2D eigenvalue weighted by Crippen LogP contribution is -2.48. The minimum Gasteiger partial charge on any atom is -0.480 e. The molecule has 2 aromatic carbocycles. The molecule has 2 aromatic rings. The van der Waals surface area contributed by atoms with Gasteiger partial charge >= 0.3 is 5.97 Å². The summed E-state index contributed by atoms with van der Waals surface area (Å²) >= 11 is 0. The average molecular weight is 327 g/mol. The van der Waals surface area contributed by atoms with Gasteiger partial charge in [0.25, 0.3) is 0 Å². The first-order chi connectivity index (χ1) is 11.7. The van der Waals surface area contributed by atoms with E-state index < -0.39 is 12.0 Å². The normalized spacial score (nSPS) is 16.5. The number of rotatable bonds is 6. The summed E-state index contributed by atoms with van der Waals surface area (Å²) in [6.45, 7) is 2.50. The number of benzene rings is 2. The summed E-state index contributed by atoms with van der Waals surface area (Å²) in [5, 5.41) is 9.53. The maximum Gasteiger partial charge on any atom is 0.321 e. The number of ether oxygens (including phenoxy) is 2. The average Bonchev–Trinajstić information content (AvgIpc) is 2.62. The quantitative estimate of drug-likeness (QED) is 0.884. The van der Waals surface area contributed by atoms with Crippen LogP contribution in [-0.4, -0.2) is 48.3 Å². The van der Waals surface area contributed by atoms with Gasteiger partial charge in [0.15, 0.2) is 0 Å². The fraction of sp³-hybridized carbons (Fsp3) is 0.316. The van der Waals surface area contributed by atoms with Crippen LogP contribution in [-0.2, 0) is 16.0 Å². The van der Waals surface area contributed by atoms with Gasteiger partial charge in [-0.05, 0) is 36.2 Å². The lowest BCUT2D eigenvalue weighted by Gasteiger charge is -2.32. The second-order valence-corrected chi connectivity index (χ2v) is 5.77. The Kier molecular flexibility index (Phi) is 5.46. The van der Waals surface area contributed by atoms with Crippen molar-refractivity contribution in [3.8, 4) is 11.5 Å². The highest BCUT2D eigenvalue weighted by molar-refractivity contribution is 5.74. The molecule has 5 nitrogen and oxygen atoms in total. The van der Waals surface area contributed by atoms with E-state index in [-0.39, 0.29) is 0 Å². The molecule has 1 saturated heterocycles. The Labute approximate surface area is 141 Å². The van der Waals surface area contributed by atoms with Crippen LogP contribution in [0.5, 0.6) is 11.5 Å². The molecular formula is C19H21NO4. The lowest BCUT2D eigenvalue weighted by atomic mass is 10.0. The first-order valence-electron chi connectivity index (χ1n) is 8.09. The van der Waals surface area contributed by atoms with Crippen LogP contribution in [0.4, 0.5) is 0 Å². The number of carbonyl (C=O) groups is 1. The van der Waals surface area contributed by atoms with Gasteiger partial charge in [0, 0.05) is 13.1 Å². The maximum atomic E-state index is 11.6. The molecule has 0 radical (unpaired) electrons. The third kappa shape index (κ3) is 4.34. The number of carboxylic acid groups (broad SMARTS) is 1. The number of nitrogens with zero attached hydrogens (tertiary/aromatic N) is 1. The molecule has 1 N–H and O–H groups in total. The predicted octanol–water partition coefficient (Wildman–Crippen LogP) is 2.81. The number of aliphatic carboxylic acids is 1. The van der Waals surface area contributed by atoms with Gasteiger partial charge in [0.1, 0.15) is 17.5 Å². The van der Waals surface area contributed by atoms with Crippen molar-refractivity contribution in [2.45, 2.75) is 12.5 Å². The second-order valence-electron chi connectivity index (χ2n) is 5.77. The van der Waals surface area contributed by atoms with E-state index in [0.717, 1.165) is 17.1 Å². The van der Waals surface area contributed by atoms with Crippen LogP contribution in [0.2, 0.25) is 0 Å². The van der Waals surface area contributed by atoms with E-state index in [1.165, 1.54) is 0 Å². The predicted molar refractivity (Wildman–Crippen MR) is 90.5 cm³/mol. The van der Waals surface area contributed by atoms with Crippen molar-refractivity contribution in [2.24, 2.45) is 0 Å². The zero-order valence-electron chi connectivity index (χ0n) is 13.4. The van der Waals surface area contributed by atoms with Gasteiger partial charge < -0.3 is 14.6 Å². The molecular weight excluding hydrogens is 306 g/mol. The SMILES string of the molecule is O=C(O)[C@H](Cc1ccc(Oc2ccccc2)cc1)N1CCOCC1. The van der Waals surface area contributed by atoms with Crippen LogP contribution < -0.4 is 4.74 Å². The summed E-state index contributed by atoms with van der Waals surface area (Å²) in [6, 6.07) is 16.7. The number of hydrogen-bond donors (Lipinski definition) is 1. The number of carboxylic acids is 1. The van der Waals surface area contributed by atoms with Crippen LogP contribution in [0, 0.1) is 0 Å². The molecule has 0 spiro atoms. The number of morpholine rings is 1. The highest BCUT2D eigenvalue weighted by Gasteiger charge is 2.27. The van der Waals surface area contributed by atoms with Crippen molar-refractivity contribution in [3.63, 3.8) is 0 Å². The Morgan fingerprint density at radius 1 is 1.04 bits per heavy atom. The number of hydrogen-bond acceptors (Lipinski definition) is 4. The van der Waals surface area contributed by atoms with E-state index in [1.54, 1.807) is 0 Å². The molecule has 24 heavy (non-hydrogen) atoms. The summed E-state index contributed by atoms with van der Waals surface area (Å²) in [4.78, 5) is 13.6. The van der Waals surface area contributed by atoms with E-state index in [2.05, 4.69) is 0 Å². The molecule has 1 aliphatic heterocycles. The Hall–Kier alpha value is -2.37. The van der Waals surface area contributed by atoms with Gasteiger partial charge in [-0.1, -0.05) is 30.3 Å². The van der Waals surface area contributed by atoms with Gasteiger partial charge in [-0.15, -0.1) is 0 Å². The van der Waals surface area contributed by atoms with Crippen LogP contribution in [0.3, 0.4) is 0 Å². The topological polar surface area (TPSA) is 59.0 Å². The number of para-hydroxylation sites is 1. The van der Waals surface area contributed by atoms with Gasteiger partial charge in [-0.25, -0.2) is 0 Å². The minimum atomic E-state index is -0.790. The zero-order chi connectivity index (χ0) is 16.8. The lowest BCUT2D eigenvalue weighted by molar-refractivity contribution is -0.145. The summed E-state index contributed by atoms with van der Waals surface area (Å²) in [7, 11) is 0. The van der Waals surface area contributed by atoms with Crippen molar-refractivity contribution in [2.75, 3.05) is 26.3 Å². The summed E-state index contributed by atoms with van der Waals surface area (Å²) in [5.41, 5.74) is 0.981. The molecule has 0 bridgehead atoms. The zero-order valence-corrected chi connectivity index (χ0v) is 13.4. The van der Waals surface area contributed by atoms with E-state index in [4.69, 9.17) is 9.47 Å². The molecule has 1 aliphatic rings. The Balaban J connectivity index is 1.64. The Morgan fingerprint density at radius 2 is 1.67 bits per heavy atom. The molecule has 1 heterocycles. The van der Waals surface area contributed by atoms with Gasteiger partial charge in [-0.3, -0.25) is 9.69 Å². The largest absolute Gasteiger partial charge is 0.480 e. The van der Waals surface area contributed by atoms with E-state index in [1.807, 2.05) is 59.5 Å². The molecule has 0 aliphatic carbocycles. The van der Waals surface area contributed by atoms with E-state index in [9.17, 15) is 9.90 Å². The highest BCUT2D eigenvalue weighted by Crippen LogP contribution is 2.22. The van der Waals surface area contributed by atoms with Crippen molar-refractivity contribution < 1.29 is 19.4 Å². The summed E-state index contributed by atoms with van der Waals surface area (Å²) in [5.74, 6) is 0.728. The van der Waals surface area contributed by atoms with Crippen LogP contribution >= 0.6 is 0 Å². The standard InChI is InChI=1S/C19H21NO4/c21-19(22)18(20-10-12-23-13-11-20)14-15-6-8-17(9-7-15)24-16-4-2-1-3-5-16/h1-9,18H,10-14H2,(H,21,22)/t18-/m0/s1. The fourth-order valence-corrected chi connectivity index (χ4v) is 2.80. The second kappa shape index (κ2) is 7.95. The monoisotopic (exact) mass is 327 g/mol. The van der Waals surface area contributed by atoms with Crippen LogP contribution in [0.25, 0.3) is 0 Å². The molecule has 3 rings (SSSR count). The van der Waals surface area contributed by atoms with E-state index in [0.29, 0.717) is 32.7 Å². The molecule has 126 valence electrons. The molecule has 0 amide bonds. The third-order valence-corrected chi connectivity index (χ3v) is 4.10. The Morgan fingerprint density at radius 3 is 2.29 bits per heavy atom. The van der Waals surface area contributed by atoms with Crippen molar-refractivity contribution in [3.05, 3.63) is 60.2 Å². The van der Waals surface area contributed by atoms with Crippen LogP contribution in [0.15, 0.2) is 54.6 Å². The third-order valence-electron chi connectivity index (χ3n) is 4.10. The first kappa shape index (κ1) is 16.5. The minimum absolute atomic E-state index is 0.473. The Bertz CT molecular complexity index is 651. The fourth-order valence-electron chi connectivity index (χ4n) is 2.80.